The molecule has 0 amide bonds. The molecule has 19 heavy (non-hydrogen) atoms. The highest BCUT2D eigenvalue weighted by atomic mass is 28.4. The van der Waals surface area contributed by atoms with E-state index in [0.717, 1.165) is 12.2 Å². The Morgan fingerprint density at radius 1 is 1.47 bits per heavy atom. The number of nitriles is 1. The summed E-state index contributed by atoms with van der Waals surface area (Å²) in [6, 6.07) is 2.21. The Bertz CT molecular complexity index is 480. The molecule has 5 heteroatoms. The van der Waals surface area contributed by atoms with E-state index in [2.05, 4.69) is 45.0 Å². The van der Waals surface area contributed by atoms with Crippen molar-refractivity contribution in [3.8, 4) is 6.07 Å². The molecule has 0 radical (unpaired) electrons. The fraction of sp³-hybridized carbons (Fsp3) is 0.714. The number of aryl methyl sites for hydroxylation is 1. The Kier molecular flexibility index (Phi) is 4.59. The normalized spacial score (nSPS) is 14.2. The monoisotopic (exact) mass is 279 g/mol. The molecule has 0 aliphatic carbocycles. The van der Waals surface area contributed by atoms with Crippen LogP contribution in [-0.2, 0) is 11.0 Å². The number of rotatable bonds is 4. The van der Waals surface area contributed by atoms with E-state index in [4.69, 9.17) is 4.43 Å². The highest BCUT2D eigenvalue weighted by Gasteiger charge is 2.39. The van der Waals surface area contributed by atoms with Crippen LogP contribution in [0.2, 0.25) is 18.1 Å². The summed E-state index contributed by atoms with van der Waals surface area (Å²) >= 11 is 0. The molecule has 106 valence electrons. The van der Waals surface area contributed by atoms with Gasteiger partial charge in [-0.1, -0.05) is 20.8 Å². The van der Waals surface area contributed by atoms with Crippen LogP contribution in [0.15, 0.2) is 6.20 Å². The smallest absolute Gasteiger partial charge is 0.192 e. The first-order chi connectivity index (χ1) is 8.62. The fourth-order valence-electron chi connectivity index (χ4n) is 1.66. The van der Waals surface area contributed by atoms with E-state index in [1.807, 2.05) is 13.8 Å². The van der Waals surface area contributed by atoms with E-state index in [0.29, 0.717) is 5.56 Å². The molecule has 0 saturated heterocycles. The third kappa shape index (κ3) is 3.46. The molecule has 0 aliphatic rings. The van der Waals surface area contributed by atoms with Gasteiger partial charge in [-0.25, -0.2) is 0 Å². The van der Waals surface area contributed by atoms with Crippen molar-refractivity contribution in [1.82, 2.24) is 9.78 Å². The van der Waals surface area contributed by atoms with Gasteiger partial charge in [0.05, 0.1) is 11.7 Å². The maximum absolute atomic E-state index is 9.19. The van der Waals surface area contributed by atoms with E-state index >= 15 is 0 Å². The van der Waals surface area contributed by atoms with Crippen molar-refractivity contribution in [3.05, 3.63) is 17.5 Å². The molecule has 4 nitrogen and oxygen atoms in total. The van der Waals surface area contributed by atoms with E-state index in [-0.39, 0.29) is 11.1 Å². The molecule has 0 N–H and O–H groups in total. The van der Waals surface area contributed by atoms with Crippen LogP contribution in [0, 0.1) is 11.3 Å². The second-order valence-corrected chi connectivity index (χ2v) is 11.2. The first kappa shape index (κ1) is 15.9. The minimum absolute atomic E-state index is 0.136. The summed E-state index contributed by atoms with van der Waals surface area (Å²) in [5, 5.41) is 13.8. The molecule has 1 aromatic rings. The predicted octanol–water partition coefficient (Wildman–Crippen LogP) is 3.86. The molecule has 1 rings (SSSR count). The first-order valence-electron chi connectivity index (χ1n) is 6.77. The standard InChI is InChI=1S/C14H25N3OSi/c1-8-17-10-12(9-15)13(16-17)11(2)18-19(6,7)14(3,4)5/h10-11H,8H2,1-7H3. The van der Waals surface area contributed by atoms with E-state index in [1.54, 1.807) is 10.9 Å². The largest absolute Gasteiger partial charge is 0.409 e. The third-order valence-electron chi connectivity index (χ3n) is 3.90. The van der Waals surface area contributed by atoms with Gasteiger partial charge in [0, 0.05) is 12.7 Å². The van der Waals surface area contributed by atoms with Gasteiger partial charge in [-0.05, 0) is 32.0 Å². The summed E-state index contributed by atoms with van der Waals surface area (Å²) < 4.78 is 8.09. The zero-order valence-electron chi connectivity index (χ0n) is 13.1. The van der Waals surface area contributed by atoms with Crippen molar-refractivity contribution in [3.63, 3.8) is 0 Å². The summed E-state index contributed by atoms with van der Waals surface area (Å²) in [5.41, 5.74) is 1.38. The Morgan fingerprint density at radius 2 is 2.05 bits per heavy atom. The van der Waals surface area contributed by atoms with Gasteiger partial charge in [-0.2, -0.15) is 10.4 Å². The summed E-state index contributed by atoms with van der Waals surface area (Å²) in [5.74, 6) is 0. The molecule has 1 heterocycles. The molecule has 1 atom stereocenters. The van der Waals surface area contributed by atoms with E-state index in [1.165, 1.54) is 0 Å². The molecular formula is C14H25N3OSi. The van der Waals surface area contributed by atoms with Crippen molar-refractivity contribution in [2.75, 3.05) is 0 Å². The van der Waals surface area contributed by atoms with Crippen molar-refractivity contribution >= 4 is 8.32 Å². The van der Waals surface area contributed by atoms with Gasteiger partial charge in [-0.15, -0.1) is 0 Å². The summed E-state index contributed by atoms with van der Waals surface area (Å²) in [6.45, 7) is 15.8. The number of hydrogen-bond donors (Lipinski definition) is 0. The molecule has 0 fully saturated rings. The summed E-state index contributed by atoms with van der Waals surface area (Å²) in [7, 11) is -1.85. The SMILES string of the molecule is CCn1cc(C#N)c(C(C)O[Si](C)(C)C(C)(C)C)n1. The Hall–Kier alpha value is -1.12. The van der Waals surface area contributed by atoms with E-state index < -0.39 is 8.32 Å². The average Bonchev–Trinajstić information content (AvgIpc) is 2.70. The topological polar surface area (TPSA) is 50.8 Å². The van der Waals surface area contributed by atoms with Crippen LogP contribution in [0.25, 0.3) is 0 Å². The van der Waals surface area contributed by atoms with Gasteiger partial charge in [0.1, 0.15) is 11.8 Å². The van der Waals surface area contributed by atoms with Gasteiger partial charge >= 0.3 is 0 Å². The molecule has 0 bridgehead atoms. The van der Waals surface area contributed by atoms with Crippen LogP contribution in [0.1, 0.15) is 52.0 Å². The lowest BCUT2D eigenvalue weighted by atomic mass is 10.2. The van der Waals surface area contributed by atoms with Crippen molar-refractivity contribution in [2.45, 2.75) is 65.4 Å². The van der Waals surface area contributed by atoms with E-state index in [9.17, 15) is 5.26 Å². The van der Waals surface area contributed by atoms with Crippen LogP contribution >= 0.6 is 0 Å². The maximum atomic E-state index is 9.19. The highest BCUT2D eigenvalue weighted by Crippen LogP contribution is 2.39. The quantitative estimate of drug-likeness (QED) is 0.786. The second kappa shape index (κ2) is 5.47. The van der Waals surface area contributed by atoms with Crippen molar-refractivity contribution in [1.29, 1.82) is 5.26 Å². The minimum atomic E-state index is -1.85. The minimum Gasteiger partial charge on any atom is -0.409 e. The molecule has 0 aliphatic heterocycles. The summed E-state index contributed by atoms with van der Waals surface area (Å²) in [4.78, 5) is 0. The van der Waals surface area contributed by atoms with Gasteiger partial charge in [0.15, 0.2) is 8.32 Å². The lowest BCUT2D eigenvalue weighted by Gasteiger charge is -2.38. The van der Waals surface area contributed by atoms with Gasteiger partial charge in [-0.3, -0.25) is 4.68 Å². The predicted molar refractivity (Wildman–Crippen MR) is 79.3 cm³/mol. The lowest BCUT2D eigenvalue weighted by Crippen LogP contribution is -2.41. The van der Waals surface area contributed by atoms with Crippen molar-refractivity contribution in [2.24, 2.45) is 0 Å². The third-order valence-corrected chi connectivity index (χ3v) is 8.45. The van der Waals surface area contributed by atoms with Gasteiger partial charge in [0.25, 0.3) is 0 Å². The number of nitrogens with zero attached hydrogens (tertiary/aromatic N) is 3. The Balaban J connectivity index is 2.99. The highest BCUT2D eigenvalue weighted by molar-refractivity contribution is 6.74. The van der Waals surface area contributed by atoms with Crippen LogP contribution in [0.4, 0.5) is 0 Å². The zero-order chi connectivity index (χ0) is 14.8. The number of hydrogen-bond acceptors (Lipinski definition) is 3. The van der Waals surface area contributed by atoms with Gasteiger partial charge in [0.2, 0.25) is 0 Å². The molecule has 1 unspecified atom stereocenters. The molecule has 1 aromatic heterocycles. The Morgan fingerprint density at radius 3 is 2.47 bits per heavy atom. The summed E-state index contributed by atoms with van der Waals surface area (Å²) in [6.07, 6.45) is 1.66. The first-order valence-corrected chi connectivity index (χ1v) is 9.68. The van der Waals surface area contributed by atoms with Crippen LogP contribution in [0.3, 0.4) is 0 Å². The zero-order valence-corrected chi connectivity index (χ0v) is 14.1. The fourth-order valence-corrected chi connectivity index (χ4v) is 3.01. The van der Waals surface area contributed by atoms with Crippen molar-refractivity contribution < 1.29 is 4.43 Å². The van der Waals surface area contributed by atoms with Crippen LogP contribution in [-0.4, -0.2) is 18.1 Å². The van der Waals surface area contributed by atoms with Crippen LogP contribution < -0.4 is 0 Å². The lowest BCUT2D eigenvalue weighted by molar-refractivity contribution is 0.197. The number of aromatic nitrogens is 2. The Labute approximate surface area is 117 Å². The maximum Gasteiger partial charge on any atom is 0.192 e. The molecule has 0 aromatic carbocycles. The molecule has 0 saturated carbocycles. The molecule has 0 spiro atoms. The average molecular weight is 279 g/mol. The van der Waals surface area contributed by atoms with Crippen LogP contribution in [0.5, 0.6) is 0 Å². The van der Waals surface area contributed by atoms with Gasteiger partial charge < -0.3 is 4.43 Å². The molecular weight excluding hydrogens is 254 g/mol. The second-order valence-electron chi connectivity index (χ2n) is 6.42.